The number of allylic oxidation sites excluding steroid dienone is 5. The second-order valence-corrected chi connectivity index (χ2v) is 6.08. The summed E-state index contributed by atoms with van der Waals surface area (Å²) < 4.78 is 5.39. The summed E-state index contributed by atoms with van der Waals surface area (Å²) in [6.45, 7) is 5.58. The predicted octanol–water partition coefficient (Wildman–Crippen LogP) is 4.33. The van der Waals surface area contributed by atoms with E-state index in [0.717, 1.165) is 5.57 Å². The summed E-state index contributed by atoms with van der Waals surface area (Å²) in [5.74, 6) is -1.01. The zero-order chi connectivity index (χ0) is 19.8. The van der Waals surface area contributed by atoms with E-state index < -0.39 is 17.0 Å². The molecule has 27 heavy (non-hydrogen) atoms. The molecule has 1 aliphatic rings. The van der Waals surface area contributed by atoms with Gasteiger partial charge in [-0.2, -0.15) is 0 Å². The standard InChI is InChI=1S/C21H21NO5/c1-3-6-15(7-4-2)10-11-18-14-20(23)19(21(24)27-18)13-16-8-5-9-17(12-16)22(25)26/h3-9,12-13,18H,1,10-11,14H2,2H3/b7-4-,15-6+,19-13-. The predicted molar refractivity (Wildman–Crippen MR) is 103 cm³/mol. The number of Topliss-reactive ketones (excluding diaryl/α,β-unsaturated/α-hetero) is 1. The monoisotopic (exact) mass is 367 g/mol. The topological polar surface area (TPSA) is 86.5 Å². The number of benzene rings is 1. The van der Waals surface area contributed by atoms with Crippen molar-refractivity contribution in [2.75, 3.05) is 0 Å². The molecule has 2 rings (SSSR count). The maximum Gasteiger partial charge on any atom is 0.342 e. The van der Waals surface area contributed by atoms with Crippen LogP contribution in [0.4, 0.5) is 5.69 Å². The van der Waals surface area contributed by atoms with Gasteiger partial charge in [0.2, 0.25) is 0 Å². The fourth-order valence-corrected chi connectivity index (χ4v) is 2.80. The molecule has 1 aromatic rings. The number of esters is 1. The van der Waals surface area contributed by atoms with Gasteiger partial charge in [0, 0.05) is 18.6 Å². The lowest BCUT2D eigenvalue weighted by molar-refractivity contribution is -0.384. The van der Waals surface area contributed by atoms with E-state index in [0.29, 0.717) is 18.4 Å². The first-order valence-electron chi connectivity index (χ1n) is 8.59. The molecular formula is C21H21NO5. The molecular weight excluding hydrogens is 346 g/mol. The van der Waals surface area contributed by atoms with Crippen LogP contribution in [0.1, 0.15) is 31.7 Å². The third kappa shape index (κ3) is 5.60. The van der Waals surface area contributed by atoms with E-state index >= 15 is 0 Å². The zero-order valence-electron chi connectivity index (χ0n) is 15.1. The zero-order valence-corrected chi connectivity index (χ0v) is 15.1. The lowest BCUT2D eigenvalue weighted by Gasteiger charge is -2.23. The van der Waals surface area contributed by atoms with Gasteiger partial charge in [0.1, 0.15) is 11.7 Å². The largest absolute Gasteiger partial charge is 0.458 e. The second kappa shape index (κ2) is 9.43. The number of carbonyl (C=O) groups is 2. The number of ketones is 1. The first kappa shape index (κ1) is 20.0. The molecule has 0 amide bonds. The number of nitrogens with zero attached hydrogens (tertiary/aromatic N) is 1. The average Bonchev–Trinajstić information content (AvgIpc) is 2.63. The first-order valence-corrected chi connectivity index (χ1v) is 8.59. The number of cyclic esters (lactones) is 1. The molecule has 0 N–H and O–H groups in total. The molecule has 0 radical (unpaired) electrons. The van der Waals surface area contributed by atoms with Gasteiger partial charge in [0.05, 0.1) is 4.92 Å². The molecule has 140 valence electrons. The highest BCUT2D eigenvalue weighted by Gasteiger charge is 2.31. The van der Waals surface area contributed by atoms with Gasteiger partial charge >= 0.3 is 5.97 Å². The molecule has 1 fully saturated rings. The van der Waals surface area contributed by atoms with Crippen molar-refractivity contribution < 1.29 is 19.2 Å². The van der Waals surface area contributed by atoms with Gasteiger partial charge in [-0.1, -0.05) is 43.0 Å². The Labute approximate surface area is 157 Å². The smallest absolute Gasteiger partial charge is 0.342 e. The molecule has 0 bridgehead atoms. The van der Waals surface area contributed by atoms with Crippen LogP contribution >= 0.6 is 0 Å². The van der Waals surface area contributed by atoms with Crippen LogP contribution in [0.5, 0.6) is 0 Å². The lowest BCUT2D eigenvalue weighted by atomic mass is 9.95. The third-order valence-electron chi connectivity index (χ3n) is 4.07. The van der Waals surface area contributed by atoms with E-state index in [9.17, 15) is 19.7 Å². The molecule has 0 spiro atoms. The van der Waals surface area contributed by atoms with E-state index in [-0.39, 0.29) is 23.5 Å². The summed E-state index contributed by atoms with van der Waals surface area (Å²) >= 11 is 0. The highest BCUT2D eigenvalue weighted by Crippen LogP contribution is 2.24. The van der Waals surface area contributed by atoms with Crippen LogP contribution in [-0.4, -0.2) is 22.8 Å². The average molecular weight is 367 g/mol. The van der Waals surface area contributed by atoms with Crippen LogP contribution in [0.25, 0.3) is 6.08 Å². The molecule has 0 saturated carbocycles. The van der Waals surface area contributed by atoms with Crippen molar-refractivity contribution in [3.63, 3.8) is 0 Å². The van der Waals surface area contributed by atoms with Crippen LogP contribution in [0.3, 0.4) is 0 Å². The Morgan fingerprint density at radius 3 is 2.81 bits per heavy atom. The quantitative estimate of drug-likeness (QED) is 0.179. The number of non-ortho nitro benzene ring substituents is 1. The second-order valence-electron chi connectivity index (χ2n) is 6.08. The van der Waals surface area contributed by atoms with Crippen molar-refractivity contribution in [1.29, 1.82) is 0 Å². The van der Waals surface area contributed by atoms with Crippen molar-refractivity contribution in [2.24, 2.45) is 0 Å². The Hall–Kier alpha value is -3.28. The van der Waals surface area contributed by atoms with Crippen LogP contribution < -0.4 is 0 Å². The molecule has 1 unspecified atom stereocenters. The van der Waals surface area contributed by atoms with E-state index in [1.807, 2.05) is 25.2 Å². The third-order valence-corrected chi connectivity index (χ3v) is 4.07. The molecule has 6 heteroatoms. The van der Waals surface area contributed by atoms with E-state index in [4.69, 9.17) is 4.74 Å². The summed E-state index contributed by atoms with van der Waals surface area (Å²) in [7, 11) is 0. The Morgan fingerprint density at radius 2 is 2.19 bits per heavy atom. The fraction of sp³-hybridized carbons (Fsp3) is 0.238. The van der Waals surface area contributed by atoms with E-state index in [1.165, 1.54) is 24.3 Å². The summed E-state index contributed by atoms with van der Waals surface area (Å²) in [5, 5.41) is 10.8. The summed E-state index contributed by atoms with van der Waals surface area (Å²) in [6, 6.07) is 5.75. The van der Waals surface area contributed by atoms with Gasteiger partial charge in [-0.3, -0.25) is 14.9 Å². The molecule has 1 aliphatic heterocycles. The minimum atomic E-state index is -0.692. The highest BCUT2D eigenvalue weighted by molar-refractivity contribution is 6.22. The summed E-state index contributed by atoms with van der Waals surface area (Å²) in [5.41, 5.74) is 1.26. The molecule has 6 nitrogen and oxygen atoms in total. The molecule has 1 heterocycles. The van der Waals surface area contributed by atoms with Gasteiger partial charge in [-0.05, 0) is 37.0 Å². The van der Waals surface area contributed by atoms with Crippen molar-refractivity contribution in [1.82, 2.24) is 0 Å². The Kier molecular flexibility index (Phi) is 7.00. The Balaban J connectivity index is 2.09. The number of ether oxygens (including phenoxy) is 1. The van der Waals surface area contributed by atoms with Crippen LogP contribution in [0.15, 0.2) is 66.3 Å². The normalized spacial score (nSPS) is 19.4. The first-order chi connectivity index (χ1) is 12.9. The molecule has 1 saturated heterocycles. The van der Waals surface area contributed by atoms with Crippen LogP contribution in [0.2, 0.25) is 0 Å². The van der Waals surface area contributed by atoms with Crippen molar-refractivity contribution in [3.05, 3.63) is 82.0 Å². The maximum absolute atomic E-state index is 12.4. The van der Waals surface area contributed by atoms with Crippen molar-refractivity contribution in [2.45, 2.75) is 32.3 Å². The van der Waals surface area contributed by atoms with Gasteiger partial charge in [0.25, 0.3) is 5.69 Å². The molecule has 0 aliphatic carbocycles. The summed E-state index contributed by atoms with van der Waals surface area (Å²) in [4.78, 5) is 34.9. The number of nitro benzene ring substituents is 1. The van der Waals surface area contributed by atoms with Gasteiger partial charge in [-0.25, -0.2) is 4.79 Å². The number of nitro groups is 1. The lowest BCUT2D eigenvalue weighted by Crippen LogP contribution is -2.32. The van der Waals surface area contributed by atoms with Crippen LogP contribution in [0, 0.1) is 10.1 Å². The Bertz CT molecular complexity index is 828. The summed E-state index contributed by atoms with van der Waals surface area (Å²) in [6.07, 6.45) is 9.57. The van der Waals surface area contributed by atoms with Gasteiger partial charge in [0.15, 0.2) is 5.78 Å². The number of rotatable bonds is 7. The maximum atomic E-state index is 12.4. The Morgan fingerprint density at radius 1 is 1.41 bits per heavy atom. The minimum Gasteiger partial charge on any atom is -0.458 e. The fourth-order valence-electron chi connectivity index (χ4n) is 2.80. The number of hydrogen-bond donors (Lipinski definition) is 0. The number of carbonyl (C=O) groups excluding carboxylic acids is 2. The van der Waals surface area contributed by atoms with Gasteiger partial charge < -0.3 is 4.74 Å². The highest BCUT2D eigenvalue weighted by atomic mass is 16.6. The SMILES string of the molecule is C=C/C=C(\C=C/C)CCC1CC(=O)/C(=C/c2cccc([N+](=O)[O-])c2)C(=O)O1. The van der Waals surface area contributed by atoms with Crippen molar-refractivity contribution in [3.8, 4) is 0 Å². The van der Waals surface area contributed by atoms with E-state index in [1.54, 1.807) is 12.1 Å². The minimum absolute atomic E-state index is 0.0814. The number of hydrogen-bond acceptors (Lipinski definition) is 5. The molecule has 0 aromatic heterocycles. The van der Waals surface area contributed by atoms with Crippen LogP contribution in [-0.2, 0) is 14.3 Å². The van der Waals surface area contributed by atoms with E-state index in [2.05, 4.69) is 6.58 Å². The molecule has 1 aromatic carbocycles. The molecule has 1 atom stereocenters. The van der Waals surface area contributed by atoms with Gasteiger partial charge in [-0.15, -0.1) is 0 Å². The van der Waals surface area contributed by atoms with Crippen molar-refractivity contribution >= 4 is 23.5 Å².